The van der Waals surface area contributed by atoms with Gasteiger partial charge >= 0.3 is 19.8 Å². The van der Waals surface area contributed by atoms with Crippen molar-refractivity contribution in [2.24, 2.45) is 0 Å². The van der Waals surface area contributed by atoms with E-state index in [1.807, 2.05) is 0 Å². The molecule has 0 amide bonds. The largest absolute Gasteiger partial charge is 0.469 e. The summed E-state index contributed by atoms with van der Waals surface area (Å²) < 4.78 is 26.3. The Bertz CT molecular complexity index is 797. The second-order valence-corrected chi connectivity index (χ2v) is 14.9. The topological polar surface area (TPSA) is 119 Å². The van der Waals surface area contributed by atoms with E-state index in [0.29, 0.717) is 6.42 Å². The number of carbonyl (C=O) groups is 2. The summed E-state index contributed by atoms with van der Waals surface area (Å²) in [5.74, 6) is -0.882. The third kappa shape index (κ3) is 37.6. The number of ether oxygens (including phenoxy) is 2. The molecule has 1 atom stereocenters. The SMILES string of the molecule is CCCCCCCCCC/C=C\CCCCCCCCCC(=O)OC[C@H](COP(=O)(O)O)OC(=O)CCCCCCCCCCCCC. The lowest BCUT2D eigenvalue weighted by Crippen LogP contribution is -2.29. The summed E-state index contributed by atoms with van der Waals surface area (Å²) in [7, 11) is -4.74. The highest BCUT2D eigenvalue weighted by molar-refractivity contribution is 7.46. The fourth-order valence-electron chi connectivity index (χ4n) is 5.78. The predicted molar refractivity (Wildman–Crippen MR) is 198 cm³/mol. The number of hydrogen-bond donors (Lipinski definition) is 2. The summed E-state index contributed by atoms with van der Waals surface area (Å²) in [5.41, 5.74) is 0. The lowest BCUT2D eigenvalue weighted by atomic mass is 10.1. The van der Waals surface area contributed by atoms with Crippen LogP contribution < -0.4 is 0 Å². The number of unbranched alkanes of at least 4 members (excludes halogenated alkanes) is 25. The molecule has 0 heterocycles. The Labute approximate surface area is 295 Å². The first-order chi connectivity index (χ1) is 23.3. The minimum Gasteiger partial charge on any atom is -0.462 e. The molecule has 0 aromatic rings. The van der Waals surface area contributed by atoms with Crippen LogP contribution in [0.4, 0.5) is 0 Å². The Hall–Kier alpha value is -1.21. The van der Waals surface area contributed by atoms with Gasteiger partial charge in [0.25, 0.3) is 0 Å². The van der Waals surface area contributed by atoms with E-state index in [9.17, 15) is 14.2 Å². The molecule has 8 nitrogen and oxygen atoms in total. The Morgan fingerprint density at radius 3 is 1.27 bits per heavy atom. The van der Waals surface area contributed by atoms with Crippen molar-refractivity contribution in [3.05, 3.63) is 12.2 Å². The number of phosphoric ester groups is 1. The Morgan fingerprint density at radius 2 is 0.875 bits per heavy atom. The van der Waals surface area contributed by atoms with Gasteiger partial charge in [0, 0.05) is 12.8 Å². The quantitative estimate of drug-likeness (QED) is 0.0284. The molecule has 0 aromatic carbocycles. The standard InChI is InChI=1S/C39H75O8P/c1-3-5-7-9-11-13-15-16-17-18-19-20-21-22-24-25-27-29-31-33-38(40)45-35-37(36-46-48(42,43)44)47-39(41)34-32-30-28-26-23-14-12-10-8-6-4-2/h18-19,37H,3-17,20-36H2,1-2H3,(H2,42,43,44)/b19-18-/t37-/m1/s1. The maximum atomic E-state index is 12.3. The zero-order valence-corrected chi connectivity index (χ0v) is 32.0. The molecule has 48 heavy (non-hydrogen) atoms. The average Bonchev–Trinajstić information content (AvgIpc) is 3.05. The van der Waals surface area contributed by atoms with Crippen molar-refractivity contribution in [1.82, 2.24) is 0 Å². The van der Waals surface area contributed by atoms with Crippen LogP contribution in [0.3, 0.4) is 0 Å². The average molecular weight is 703 g/mol. The number of carbonyl (C=O) groups excluding carboxylic acids is 2. The molecule has 9 heteroatoms. The van der Waals surface area contributed by atoms with Crippen LogP contribution >= 0.6 is 7.82 Å². The predicted octanol–water partition coefficient (Wildman–Crippen LogP) is 11.8. The van der Waals surface area contributed by atoms with E-state index in [-0.39, 0.29) is 19.4 Å². The summed E-state index contributed by atoms with van der Waals surface area (Å²) in [6, 6.07) is 0. The minimum absolute atomic E-state index is 0.216. The Kier molecular flexibility index (Phi) is 34.7. The van der Waals surface area contributed by atoms with Gasteiger partial charge in [0.2, 0.25) is 0 Å². The molecular weight excluding hydrogens is 627 g/mol. The molecule has 0 rings (SSSR count). The molecule has 0 fully saturated rings. The highest BCUT2D eigenvalue weighted by Gasteiger charge is 2.22. The molecule has 284 valence electrons. The summed E-state index contributed by atoms with van der Waals surface area (Å²) in [6.45, 7) is 3.68. The second-order valence-electron chi connectivity index (χ2n) is 13.6. The van der Waals surface area contributed by atoms with Crippen LogP contribution in [0, 0.1) is 0 Å². The third-order valence-electron chi connectivity index (χ3n) is 8.78. The van der Waals surface area contributed by atoms with Gasteiger partial charge in [0.05, 0.1) is 6.61 Å². The van der Waals surface area contributed by atoms with Crippen molar-refractivity contribution >= 4 is 19.8 Å². The molecule has 0 saturated heterocycles. The maximum absolute atomic E-state index is 12.3. The highest BCUT2D eigenvalue weighted by Crippen LogP contribution is 2.36. The van der Waals surface area contributed by atoms with Crippen LogP contribution in [0.2, 0.25) is 0 Å². The molecule has 0 aliphatic carbocycles. The van der Waals surface area contributed by atoms with Crippen LogP contribution in [0.5, 0.6) is 0 Å². The molecule has 0 aliphatic rings. The normalized spacial score (nSPS) is 12.5. The van der Waals surface area contributed by atoms with Gasteiger partial charge in [-0.05, 0) is 38.5 Å². The van der Waals surface area contributed by atoms with Gasteiger partial charge in [0.15, 0.2) is 6.10 Å². The first-order valence-corrected chi connectivity index (χ1v) is 21.5. The molecule has 0 spiro atoms. The van der Waals surface area contributed by atoms with Gasteiger partial charge in [-0.15, -0.1) is 0 Å². The van der Waals surface area contributed by atoms with Crippen molar-refractivity contribution < 1.29 is 37.9 Å². The maximum Gasteiger partial charge on any atom is 0.469 e. The number of esters is 2. The first kappa shape index (κ1) is 46.8. The number of rotatable bonds is 37. The van der Waals surface area contributed by atoms with Crippen molar-refractivity contribution in [3.63, 3.8) is 0 Å². The van der Waals surface area contributed by atoms with Crippen LogP contribution in [-0.2, 0) is 28.2 Å². The third-order valence-corrected chi connectivity index (χ3v) is 9.27. The van der Waals surface area contributed by atoms with Crippen LogP contribution in [-0.4, -0.2) is 41.0 Å². The van der Waals surface area contributed by atoms with Gasteiger partial charge in [-0.3, -0.25) is 14.1 Å². The fourth-order valence-corrected chi connectivity index (χ4v) is 6.14. The number of phosphoric acid groups is 1. The van der Waals surface area contributed by atoms with Gasteiger partial charge in [-0.1, -0.05) is 167 Å². The van der Waals surface area contributed by atoms with Crippen molar-refractivity contribution in [2.45, 2.75) is 213 Å². The van der Waals surface area contributed by atoms with E-state index in [1.54, 1.807) is 0 Å². The molecule has 0 aliphatic heterocycles. The summed E-state index contributed by atoms with van der Waals surface area (Å²) in [5, 5.41) is 0. The lowest BCUT2D eigenvalue weighted by Gasteiger charge is -2.18. The van der Waals surface area contributed by atoms with Crippen LogP contribution in [0.1, 0.15) is 206 Å². The smallest absolute Gasteiger partial charge is 0.462 e. The lowest BCUT2D eigenvalue weighted by molar-refractivity contribution is -0.161. The zero-order chi connectivity index (χ0) is 35.4. The van der Waals surface area contributed by atoms with E-state index in [4.69, 9.17) is 19.3 Å². The van der Waals surface area contributed by atoms with Gasteiger partial charge in [-0.25, -0.2) is 4.57 Å². The Balaban J connectivity index is 3.87. The van der Waals surface area contributed by atoms with Crippen molar-refractivity contribution in [3.8, 4) is 0 Å². The molecule has 0 aromatic heterocycles. The Morgan fingerprint density at radius 1 is 0.521 bits per heavy atom. The van der Waals surface area contributed by atoms with Gasteiger partial charge in [-0.2, -0.15) is 0 Å². The molecule has 0 bridgehead atoms. The number of hydrogen-bond acceptors (Lipinski definition) is 6. The van der Waals surface area contributed by atoms with Crippen molar-refractivity contribution in [1.29, 1.82) is 0 Å². The van der Waals surface area contributed by atoms with Gasteiger partial charge in [0.1, 0.15) is 6.61 Å². The monoisotopic (exact) mass is 703 g/mol. The molecule has 0 radical (unpaired) electrons. The minimum atomic E-state index is -4.74. The van der Waals surface area contributed by atoms with E-state index in [0.717, 1.165) is 51.4 Å². The summed E-state index contributed by atoms with van der Waals surface area (Å²) in [4.78, 5) is 42.7. The molecule has 0 unspecified atom stereocenters. The first-order valence-electron chi connectivity index (χ1n) is 20.0. The second kappa shape index (κ2) is 35.6. The van der Waals surface area contributed by atoms with Gasteiger partial charge < -0.3 is 19.3 Å². The fraction of sp³-hybridized carbons (Fsp3) is 0.897. The van der Waals surface area contributed by atoms with E-state index >= 15 is 0 Å². The molecule has 0 saturated carbocycles. The van der Waals surface area contributed by atoms with Crippen LogP contribution in [0.15, 0.2) is 12.2 Å². The van der Waals surface area contributed by atoms with E-state index in [2.05, 4.69) is 30.5 Å². The molecule has 2 N–H and O–H groups in total. The van der Waals surface area contributed by atoms with E-state index < -0.39 is 32.5 Å². The van der Waals surface area contributed by atoms with E-state index in [1.165, 1.54) is 122 Å². The summed E-state index contributed by atoms with van der Waals surface area (Å²) >= 11 is 0. The van der Waals surface area contributed by atoms with Crippen LogP contribution in [0.25, 0.3) is 0 Å². The zero-order valence-electron chi connectivity index (χ0n) is 31.2. The summed E-state index contributed by atoms with van der Waals surface area (Å²) in [6.07, 6.45) is 37.9. The highest BCUT2D eigenvalue weighted by atomic mass is 31.2. The van der Waals surface area contributed by atoms with Crippen molar-refractivity contribution in [2.75, 3.05) is 13.2 Å². The number of allylic oxidation sites excluding steroid dienone is 2. The molecular formula is C39H75O8P.